The molecule has 2 heterocycles. The van der Waals surface area contributed by atoms with Crippen molar-refractivity contribution < 1.29 is 37.8 Å². The number of nitrogens with one attached hydrogen (secondary N) is 1. The summed E-state index contributed by atoms with van der Waals surface area (Å²) < 4.78 is 20.3. The van der Waals surface area contributed by atoms with Crippen molar-refractivity contribution in [2.75, 3.05) is 13.7 Å². The Bertz CT molecular complexity index is 1050. The predicted molar refractivity (Wildman–Crippen MR) is 110 cm³/mol. The summed E-state index contributed by atoms with van der Waals surface area (Å²) in [5, 5.41) is 2.51. The Hall–Kier alpha value is -4.08. The first-order chi connectivity index (χ1) is 15.3. The minimum Gasteiger partial charge on any atom is -0.479 e. The van der Waals surface area contributed by atoms with E-state index < -0.39 is 30.0 Å². The summed E-state index contributed by atoms with van der Waals surface area (Å²) in [4.78, 5) is 49.0. The Balaban J connectivity index is 1.65. The highest BCUT2D eigenvalue weighted by Crippen LogP contribution is 2.20. The third kappa shape index (κ3) is 5.15. The Morgan fingerprint density at radius 1 is 1.16 bits per heavy atom. The van der Waals surface area contributed by atoms with E-state index in [4.69, 9.17) is 13.9 Å². The van der Waals surface area contributed by atoms with Crippen molar-refractivity contribution >= 4 is 30.0 Å². The van der Waals surface area contributed by atoms with Crippen molar-refractivity contribution in [2.45, 2.75) is 26.5 Å². The van der Waals surface area contributed by atoms with Crippen molar-refractivity contribution in [3.8, 4) is 5.75 Å². The van der Waals surface area contributed by atoms with Crippen LogP contribution in [0.25, 0.3) is 6.08 Å². The second-order valence-corrected chi connectivity index (χ2v) is 6.72. The van der Waals surface area contributed by atoms with E-state index in [0.717, 1.165) is 4.90 Å². The van der Waals surface area contributed by atoms with Gasteiger partial charge in [-0.2, -0.15) is 0 Å². The highest BCUT2D eigenvalue weighted by molar-refractivity contribution is 6.13. The van der Waals surface area contributed by atoms with Gasteiger partial charge in [0.1, 0.15) is 17.2 Å². The quantitative estimate of drug-likeness (QED) is 0.376. The second kappa shape index (κ2) is 9.82. The van der Waals surface area contributed by atoms with Gasteiger partial charge in [-0.1, -0.05) is 12.1 Å². The van der Waals surface area contributed by atoms with Crippen LogP contribution in [0.4, 0.5) is 4.79 Å². The van der Waals surface area contributed by atoms with E-state index in [1.54, 1.807) is 38.1 Å². The van der Waals surface area contributed by atoms with Gasteiger partial charge in [0, 0.05) is 0 Å². The number of rotatable bonds is 8. The fraction of sp³-hybridized carbons (Fsp3) is 0.273. The number of methoxy groups -OCH3 is 1. The number of nitrogens with zero attached hydrogens (tertiary/aromatic N) is 1. The Morgan fingerprint density at radius 3 is 2.53 bits per heavy atom. The molecule has 0 radical (unpaired) electrons. The molecule has 10 heteroatoms. The summed E-state index contributed by atoms with van der Waals surface area (Å²) in [6, 6.07) is 8.92. The predicted octanol–water partition coefficient (Wildman–Crippen LogP) is 2.49. The van der Waals surface area contributed by atoms with Gasteiger partial charge >= 0.3 is 18.0 Å². The summed E-state index contributed by atoms with van der Waals surface area (Å²) in [5.41, 5.74) is 0.723. The van der Waals surface area contributed by atoms with Crippen molar-refractivity contribution in [3.63, 3.8) is 0 Å². The van der Waals surface area contributed by atoms with Gasteiger partial charge in [-0.3, -0.25) is 9.69 Å². The van der Waals surface area contributed by atoms with Crippen LogP contribution in [0.1, 0.15) is 35.7 Å². The first kappa shape index (κ1) is 22.6. The molecule has 168 valence electrons. The summed E-state index contributed by atoms with van der Waals surface area (Å²) in [6.45, 7) is 3.42. The van der Waals surface area contributed by atoms with Gasteiger partial charge in [-0.25, -0.2) is 14.4 Å². The van der Waals surface area contributed by atoms with E-state index in [9.17, 15) is 19.2 Å². The van der Waals surface area contributed by atoms with Crippen molar-refractivity contribution in [2.24, 2.45) is 0 Å². The summed E-state index contributed by atoms with van der Waals surface area (Å²) >= 11 is 0. The lowest BCUT2D eigenvalue weighted by Crippen LogP contribution is -2.30. The molecule has 10 nitrogen and oxygen atoms in total. The molecule has 32 heavy (non-hydrogen) atoms. The number of hydrogen-bond acceptors (Lipinski definition) is 8. The molecule has 3 amide bonds. The van der Waals surface area contributed by atoms with Crippen LogP contribution in [0.5, 0.6) is 5.75 Å². The Morgan fingerprint density at radius 2 is 1.88 bits per heavy atom. The van der Waals surface area contributed by atoms with E-state index >= 15 is 0 Å². The molecule has 0 aliphatic carbocycles. The van der Waals surface area contributed by atoms with E-state index in [0.29, 0.717) is 11.3 Å². The fourth-order valence-electron chi connectivity index (χ4n) is 2.87. The van der Waals surface area contributed by atoms with E-state index in [1.807, 2.05) is 0 Å². The van der Waals surface area contributed by atoms with Crippen LogP contribution >= 0.6 is 0 Å². The number of carbonyl (C=O) groups is 4. The molecule has 0 bridgehead atoms. The summed E-state index contributed by atoms with van der Waals surface area (Å²) in [5.74, 6) is -0.971. The Kier molecular flexibility index (Phi) is 6.93. The zero-order valence-electron chi connectivity index (χ0n) is 17.7. The molecule has 1 aromatic carbocycles. The fourth-order valence-corrected chi connectivity index (χ4v) is 2.87. The van der Waals surface area contributed by atoms with Crippen LogP contribution in [0.15, 0.2) is 46.5 Å². The van der Waals surface area contributed by atoms with Gasteiger partial charge in [-0.15, -0.1) is 0 Å². The standard InChI is InChI=1S/C22H22N2O8/c1-4-30-20(26)13(2)31-15-7-5-14(6-8-15)11-17-19(25)24(22(28)23-17)12-16-9-10-18(32-16)21(27)29-3/h5-11,13H,4,12H2,1-3H3,(H,23,28)/b17-11-/t13-/m1/s1. The number of benzene rings is 1. The minimum atomic E-state index is -0.760. The smallest absolute Gasteiger partial charge is 0.373 e. The maximum absolute atomic E-state index is 12.6. The normalized spacial score (nSPS) is 15.5. The lowest BCUT2D eigenvalue weighted by Gasteiger charge is -2.13. The average Bonchev–Trinajstić information content (AvgIpc) is 3.35. The number of imide groups is 1. The lowest BCUT2D eigenvalue weighted by atomic mass is 10.2. The molecule has 1 N–H and O–H groups in total. The maximum Gasteiger partial charge on any atom is 0.373 e. The Labute approximate surface area is 183 Å². The van der Waals surface area contributed by atoms with Crippen LogP contribution in [0, 0.1) is 0 Å². The number of hydrogen-bond donors (Lipinski definition) is 1. The van der Waals surface area contributed by atoms with Gasteiger partial charge in [0.15, 0.2) is 6.10 Å². The maximum atomic E-state index is 12.6. The van der Waals surface area contributed by atoms with Gasteiger partial charge < -0.3 is 23.9 Å². The molecule has 2 aromatic rings. The minimum absolute atomic E-state index is 0.0232. The summed E-state index contributed by atoms with van der Waals surface area (Å²) in [7, 11) is 1.22. The van der Waals surface area contributed by atoms with Crippen LogP contribution in [-0.4, -0.2) is 48.6 Å². The van der Waals surface area contributed by atoms with Gasteiger partial charge in [0.2, 0.25) is 5.76 Å². The molecule has 0 saturated carbocycles. The second-order valence-electron chi connectivity index (χ2n) is 6.72. The molecule has 1 atom stereocenters. The SMILES string of the molecule is CCOC(=O)[C@@H](C)Oc1ccc(/C=C2\NC(=O)N(Cc3ccc(C(=O)OC)o3)C2=O)cc1. The number of amides is 3. The third-order valence-electron chi connectivity index (χ3n) is 4.45. The molecule has 0 unspecified atom stereocenters. The molecule has 1 aromatic heterocycles. The monoisotopic (exact) mass is 442 g/mol. The zero-order chi connectivity index (χ0) is 23.3. The van der Waals surface area contributed by atoms with Gasteiger partial charge in [0.25, 0.3) is 5.91 Å². The van der Waals surface area contributed by atoms with Crippen LogP contribution in [0.3, 0.4) is 0 Å². The first-order valence-electron chi connectivity index (χ1n) is 9.77. The van der Waals surface area contributed by atoms with Crippen molar-refractivity contribution in [3.05, 3.63) is 59.2 Å². The largest absolute Gasteiger partial charge is 0.479 e. The number of furan rings is 1. The first-order valence-corrected chi connectivity index (χ1v) is 9.77. The van der Waals surface area contributed by atoms with Crippen LogP contribution in [0.2, 0.25) is 0 Å². The molecule has 1 aliphatic heterocycles. The van der Waals surface area contributed by atoms with Crippen molar-refractivity contribution in [1.29, 1.82) is 0 Å². The summed E-state index contributed by atoms with van der Waals surface area (Å²) in [6.07, 6.45) is 0.755. The molecule has 3 rings (SSSR count). The van der Waals surface area contributed by atoms with Crippen LogP contribution < -0.4 is 10.1 Å². The number of esters is 2. The number of urea groups is 1. The number of ether oxygens (including phenoxy) is 3. The van der Waals surface area contributed by atoms with Crippen molar-refractivity contribution in [1.82, 2.24) is 10.2 Å². The van der Waals surface area contributed by atoms with E-state index in [2.05, 4.69) is 10.1 Å². The topological polar surface area (TPSA) is 124 Å². The molecule has 1 fully saturated rings. The van der Waals surface area contributed by atoms with Crippen LogP contribution in [-0.2, 0) is 25.6 Å². The van der Waals surface area contributed by atoms with Gasteiger partial charge in [-0.05, 0) is 49.8 Å². The van der Waals surface area contributed by atoms with Gasteiger partial charge in [0.05, 0.1) is 20.3 Å². The molecule has 1 aliphatic rings. The highest BCUT2D eigenvalue weighted by atomic mass is 16.6. The lowest BCUT2D eigenvalue weighted by molar-refractivity contribution is -0.150. The molecule has 0 spiro atoms. The highest BCUT2D eigenvalue weighted by Gasteiger charge is 2.34. The third-order valence-corrected chi connectivity index (χ3v) is 4.45. The van der Waals surface area contributed by atoms with E-state index in [-0.39, 0.29) is 30.4 Å². The molecule has 1 saturated heterocycles. The average molecular weight is 442 g/mol. The number of carbonyl (C=O) groups excluding carboxylic acids is 4. The molecular formula is C22H22N2O8. The molecular weight excluding hydrogens is 420 g/mol. The zero-order valence-corrected chi connectivity index (χ0v) is 17.7. The van der Waals surface area contributed by atoms with E-state index in [1.165, 1.54) is 25.3 Å².